The van der Waals surface area contributed by atoms with Gasteiger partial charge in [-0.2, -0.15) is 0 Å². The zero-order valence-electron chi connectivity index (χ0n) is 9.80. The number of aryl methyl sites for hydroxylation is 1. The summed E-state index contributed by atoms with van der Waals surface area (Å²) in [5.74, 6) is 0. The van der Waals surface area contributed by atoms with Crippen LogP contribution in [0.25, 0.3) is 0 Å². The van der Waals surface area contributed by atoms with E-state index in [2.05, 4.69) is 4.72 Å². The molecule has 0 aliphatic rings. The molecule has 0 saturated carbocycles. The van der Waals surface area contributed by atoms with Crippen molar-refractivity contribution in [1.82, 2.24) is 0 Å². The molecule has 1 unspecified atom stereocenters. The van der Waals surface area contributed by atoms with E-state index in [-0.39, 0.29) is 4.99 Å². The highest BCUT2D eigenvalue weighted by Gasteiger charge is 2.26. The molecular formula is C11H16N2O2S2. The maximum Gasteiger partial charge on any atom is 0.242 e. The van der Waals surface area contributed by atoms with Crippen molar-refractivity contribution in [3.8, 4) is 0 Å². The molecule has 1 aromatic carbocycles. The second-order valence-electron chi connectivity index (χ2n) is 3.76. The maximum atomic E-state index is 12.0. The number of nitrogens with one attached hydrogen (secondary N) is 1. The van der Waals surface area contributed by atoms with Gasteiger partial charge in [-0.1, -0.05) is 37.3 Å². The monoisotopic (exact) mass is 272 g/mol. The third-order valence-electron chi connectivity index (χ3n) is 2.46. The van der Waals surface area contributed by atoms with Gasteiger partial charge in [-0.15, -0.1) is 0 Å². The van der Waals surface area contributed by atoms with Crippen molar-refractivity contribution >= 4 is 32.9 Å². The first-order valence-electron chi connectivity index (χ1n) is 5.25. The summed E-state index contributed by atoms with van der Waals surface area (Å²) < 4.78 is 26.6. The maximum absolute atomic E-state index is 12.0. The normalized spacial score (nSPS) is 13.1. The number of benzene rings is 1. The predicted octanol–water partition coefficient (Wildman–Crippen LogP) is 1.80. The molecule has 0 spiro atoms. The molecule has 1 rings (SSSR count). The van der Waals surface area contributed by atoms with E-state index in [9.17, 15) is 8.42 Å². The van der Waals surface area contributed by atoms with E-state index in [1.807, 2.05) is 19.1 Å². The zero-order valence-corrected chi connectivity index (χ0v) is 11.4. The van der Waals surface area contributed by atoms with Crippen LogP contribution in [0.1, 0.15) is 18.9 Å². The molecule has 1 atom stereocenters. The summed E-state index contributed by atoms with van der Waals surface area (Å²) in [5, 5.41) is -0.836. The number of hydrogen-bond acceptors (Lipinski definition) is 3. The molecule has 3 N–H and O–H groups in total. The molecular weight excluding hydrogens is 256 g/mol. The van der Waals surface area contributed by atoms with E-state index in [0.29, 0.717) is 12.1 Å². The molecule has 0 heterocycles. The number of rotatable bonds is 5. The van der Waals surface area contributed by atoms with Crippen molar-refractivity contribution in [2.24, 2.45) is 5.73 Å². The summed E-state index contributed by atoms with van der Waals surface area (Å²) >= 11 is 4.77. The molecule has 1 aromatic rings. The van der Waals surface area contributed by atoms with E-state index < -0.39 is 15.3 Å². The fourth-order valence-electron chi connectivity index (χ4n) is 1.49. The molecule has 0 bridgehead atoms. The minimum Gasteiger partial charge on any atom is -0.392 e. The van der Waals surface area contributed by atoms with Gasteiger partial charge < -0.3 is 5.73 Å². The van der Waals surface area contributed by atoms with E-state index in [4.69, 9.17) is 18.0 Å². The van der Waals surface area contributed by atoms with Crippen molar-refractivity contribution in [1.29, 1.82) is 0 Å². The molecule has 0 amide bonds. The largest absolute Gasteiger partial charge is 0.392 e. The van der Waals surface area contributed by atoms with Crippen LogP contribution in [0.2, 0.25) is 0 Å². The third kappa shape index (κ3) is 3.41. The average Bonchev–Trinajstić information content (AvgIpc) is 2.21. The minimum atomic E-state index is -3.56. The van der Waals surface area contributed by atoms with E-state index in [1.54, 1.807) is 19.1 Å². The minimum absolute atomic E-state index is 0.00594. The van der Waals surface area contributed by atoms with Gasteiger partial charge in [0.2, 0.25) is 10.0 Å². The van der Waals surface area contributed by atoms with Crippen LogP contribution in [0, 0.1) is 6.92 Å². The molecule has 0 radical (unpaired) electrons. The Labute approximate surface area is 107 Å². The van der Waals surface area contributed by atoms with Gasteiger partial charge in [0.15, 0.2) is 0 Å². The lowest BCUT2D eigenvalue weighted by Crippen LogP contribution is -2.37. The van der Waals surface area contributed by atoms with Gasteiger partial charge in [0.25, 0.3) is 0 Å². The lowest BCUT2D eigenvalue weighted by atomic mass is 10.2. The third-order valence-corrected chi connectivity index (χ3v) is 4.73. The molecule has 4 nitrogen and oxygen atoms in total. The SMILES string of the molecule is CCC(C(N)=S)S(=O)(=O)Nc1ccccc1C. The van der Waals surface area contributed by atoms with Gasteiger partial charge in [-0.05, 0) is 25.0 Å². The number of para-hydroxylation sites is 1. The lowest BCUT2D eigenvalue weighted by molar-refractivity contribution is 0.594. The van der Waals surface area contributed by atoms with E-state index in [1.165, 1.54) is 0 Å². The van der Waals surface area contributed by atoms with Crippen molar-refractivity contribution in [3.63, 3.8) is 0 Å². The van der Waals surface area contributed by atoms with Crippen LogP contribution in [0.5, 0.6) is 0 Å². The fraction of sp³-hybridized carbons (Fsp3) is 0.364. The lowest BCUT2D eigenvalue weighted by Gasteiger charge is -2.17. The first-order valence-corrected chi connectivity index (χ1v) is 7.20. The Kier molecular flexibility index (Phi) is 4.47. The van der Waals surface area contributed by atoms with Gasteiger partial charge in [0, 0.05) is 0 Å². The van der Waals surface area contributed by atoms with E-state index in [0.717, 1.165) is 5.56 Å². The van der Waals surface area contributed by atoms with Crippen molar-refractivity contribution in [2.45, 2.75) is 25.5 Å². The molecule has 0 fully saturated rings. The number of sulfonamides is 1. The number of nitrogens with two attached hydrogens (primary N) is 1. The molecule has 6 heteroatoms. The Hall–Kier alpha value is -1.14. The highest BCUT2D eigenvalue weighted by Crippen LogP contribution is 2.18. The summed E-state index contributed by atoms with van der Waals surface area (Å²) in [7, 11) is -3.56. The van der Waals surface area contributed by atoms with Crippen LogP contribution in [0.4, 0.5) is 5.69 Å². The first kappa shape index (κ1) is 13.9. The highest BCUT2D eigenvalue weighted by molar-refractivity contribution is 7.95. The molecule has 0 aliphatic carbocycles. The van der Waals surface area contributed by atoms with Gasteiger partial charge >= 0.3 is 0 Å². The Balaban J connectivity index is 3.02. The molecule has 17 heavy (non-hydrogen) atoms. The average molecular weight is 272 g/mol. The fourth-order valence-corrected chi connectivity index (χ4v) is 3.45. The van der Waals surface area contributed by atoms with E-state index >= 15 is 0 Å². The molecule has 0 saturated heterocycles. The van der Waals surface area contributed by atoms with Crippen molar-refractivity contribution < 1.29 is 8.42 Å². The van der Waals surface area contributed by atoms with Gasteiger partial charge in [-0.25, -0.2) is 8.42 Å². The van der Waals surface area contributed by atoms with Crippen LogP contribution in [0.15, 0.2) is 24.3 Å². The Bertz CT molecular complexity index is 512. The van der Waals surface area contributed by atoms with Gasteiger partial charge in [-0.3, -0.25) is 4.72 Å². The second-order valence-corrected chi connectivity index (χ2v) is 6.10. The zero-order chi connectivity index (χ0) is 13.1. The van der Waals surface area contributed by atoms with Crippen LogP contribution in [0.3, 0.4) is 0 Å². The Morgan fingerprint density at radius 2 is 2.06 bits per heavy atom. The van der Waals surface area contributed by atoms with Gasteiger partial charge in [0.1, 0.15) is 5.25 Å². The summed E-state index contributed by atoms with van der Waals surface area (Å²) in [6, 6.07) is 7.16. The summed E-state index contributed by atoms with van der Waals surface area (Å²) in [6.07, 6.45) is 0.358. The van der Waals surface area contributed by atoms with Crippen LogP contribution >= 0.6 is 12.2 Å². The summed E-state index contributed by atoms with van der Waals surface area (Å²) in [5.41, 5.74) is 6.85. The Morgan fingerprint density at radius 1 is 1.47 bits per heavy atom. The van der Waals surface area contributed by atoms with Gasteiger partial charge in [0.05, 0.1) is 10.7 Å². The van der Waals surface area contributed by atoms with Crippen molar-refractivity contribution in [3.05, 3.63) is 29.8 Å². The predicted molar refractivity (Wildman–Crippen MR) is 74.6 cm³/mol. The summed E-state index contributed by atoms with van der Waals surface area (Å²) in [4.78, 5) is -0.00594. The second kappa shape index (κ2) is 5.46. The summed E-state index contributed by atoms with van der Waals surface area (Å²) in [6.45, 7) is 3.57. The standard InChI is InChI=1S/C11H16N2O2S2/c1-3-10(11(12)16)17(14,15)13-9-7-5-4-6-8(9)2/h4-7,10,13H,3H2,1-2H3,(H2,12,16). The highest BCUT2D eigenvalue weighted by atomic mass is 32.2. The number of thiocarbonyl (C=S) groups is 1. The topological polar surface area (TPSA) is 72.2 Å². The quantitative estimate of drug-likeness (QED) is 0.802. The number of anilines is 1. The van der Waals surface area contributed by atoms with Crippen molar-refractivity contribution in [2.75, 3.05) is 4.72 Å². The van der Waals surface area contributed by atoms with Crippen LogP contribution in [-0.4, -0.2) is 18.7 Å². The van der Waals surface area contributed by atoms with Crippen LogP contribution in [-0.2, 0) is 10.0 Å². The smallest absolute Gasteiger partial charge is 0.242 e. The van der Waals surface area contributed by atoms with Crippen LogP contribution < -0.4 is 10.5 Å². The number of hydrogen-bond donors (Lipinski definition) is 2. The Morgan fingerprint density at radius 3 is 2.53 bits per heavy atom. The molecule has 0 aromatic heterocycles. The molecule has 0 aliphatic heterocycles. The molecule has 94 valence electrons. The first-order chi connectivity index (χ1) is 7.88.